The van der Waals surface area contributed by atoms with Crippen LogP contribution in [0.15, 0.2) is 59.5 Å². The van der Waals surface area contributed by atoms with Crippen molar-refractivity contribution in [2.45, 2.75) is 13.5 Å². The number of rotatable bonds is 4. The van der Waals surface area contributed by atoms with Gasteiger partial charge in [-0.1, -0.05) is 17.7 Å². The van der Waals surface area contributed by atoms with E-state index in [0.717, 1.165) is 40.0 Å². The van der Waals surface area contributed by atoms with Crippen molar-refractivity contribution in [1.82, 2.24) is 24.6 Å². The molecule has 7 heteroatoms. The van der Waals surface area contributed by atoms with Crippen LogP contribution in [-0.4, -0.2) is 38.7 Å². The highest BCUT2D eigenvalue weighted by Gasteiger charge is 2.22. The highest BCUT2D eigenvalue weighted by atomic mass is 35.5. The van der Waals surface area contributed by atoms with Crippen LogP contribution >= 0.6 is 11.6 Å². The van der Waals surface area contributed by atoms with Gasteiger partial charge in [0.05, 0.1) is 11.3 Å². The Morgan fingerprint density at radius 1 is 1.10 bits per heavy atom. The minimum Gasteiger partial charge on any atom is -0.364 e. The van der Waals surface area contributed by atoms with Gasteiger partial charge in [-0.3, -0.25) is 4.79 Å². The Labute approximate surface area is 184 Å². The third-order valence-electron chi connectivity index (χ3n) is 5.45. The van der Waals surface area contributed by atoms with Crippen LogP contribution in [0.1, 0.15) is 11.4 Å². The summed E-state index contributed by atoms with van der Waals surface area (Å²) in [6.07, 6.45) is 1.74. The summed E-state index contributed by atoms with van der Waals surface area (Å²) in [5.74, 6) is 0. The molecule has 2 N–H and O–H groups in total. The van der Waals surface area contributed by atoms with Gasteiger partial charge in [0.2, 0.25) is 0 Å². The lowest BCUT2D eigenvalue weighted by Gasteiger charge is -2.10. The first-order chi connectivity index (χ1) is 14.9. The van der Waals surface area contributed by atoms with E-state index in [2.05, 4.69) is 39.1 Å². The van der Waals surface area contributed by atoms with Crippen LogP contribution in [-0.2, 0) is 6.54 Å². The van der Waals surface area contributed by atoms with Gasteiger partial charge < -0.3 is 14.9 Å². The van der Waals surface area contributed by atoms with Crippen LogP contribution in [0.5, 0.6) is 0 Å². The average Bonchev–Trinajstić information content (AvgIpc) is 3.27. The predicted octanol–water partition coefficient (Wildman–Crippen LogP) is 4.84. The molecule has 3 aromatic rings. The zero-order valence-corrected chi connectivity index (χ0v) is 18.3. The third-order valence-corrected chi connectivity index (χ3v) is 5.70. The Morgan fingerprint density at radius 3 is 2.61 bits per heavy atom. The van der Waals surface area contributed by atoms with Crippen molar-refractivity contribution in [2.24, 2.45) is 0 Å². The number of aryl methyl sites for hydroxylation is 1. The van der Waals surface area contributed by atoms with E-state index < -0.39 is 0 Å². The zero-order valence-electron chi connectivity index (χ0n) is 17.5. The zero-order chi connectivity index (χ0) is 21.7. The molecular formula is C24H22ClN5O. The van der Waals surface area contributed by atoms with Crippen LogP contribution in [0.4, 0.5) is 0 Å². The lowest BCUT2D eigenvalue weighted by molar-refractivity contribution is 0.398. The number of H-pyrrole nitrogens is 2. The third kappa shape index (κ3) is 3.44. The molecule has 0 atom stereocenters. The van der Waals surface area contributed by atoms with Gasteiger partial charge in [-0.15, -0.1) is 0 Å². The number of benzene rings is 2. The molecule has 31 heavy (non-hydrogen) atoms. The van der Waals surface area contributed by atoms with Crippen molar-refractivity contribution < 1.29 is 0 Å². The molecule has 6 nitrogen and oxygen atoms in total. The van der Waals surface area contributed by atoms with E-state index in [4.69, 9.17) is 16.7 Å². The van der Waals surface area contributed by atoms with Gasteiger partial charge in [0, 0.05) is 45.6 Å². The monoisotopic (exact) mass is 431 g/mol. The highest BCUT2D eigenvalue weighted by Crippen LogP contribution is 2.34. The highest BCUT2D eigenvalue weighted by molar-refractivity contribution is 6.30. The second-order valence-corrected chi connectivity index (χ2v) is 8.52. The standard InChI is InChI=1S/C24H22ClN5O/c1-14-22(15-4-9-21-16(10-15)11-18(27-21)13-29(2)3)23-20(12-26-14)24(31)30(28-23)19-7-5-17(25)6-8-19/h4-12,26-27H,13H2,1-3H3. The van der Waals surface area contributed by atoms with Gasteiger partial charge in [0.15, 0.2) is 0 Å². The minimum atomic E-state index is -0.161. The van der Waals surface area contributed by atoms with Crippen molar-refractivity contribution in [1.29, 1.82) is 0 Å². The van der Waals surface area contributed by atoms with Gasteiger partial charge in [0.25, 0.3) is 5.56 Å². The summed E-state index contributed by atoms with van der Waals surface area (Å²) in [7, 11) is 4.10. The first-order valence-corrected chi connectivity index (χ1v) is 10.4. The molecule has 3 heterocycles. The number of hydrogen-bond acceptors (Lipinski definition) is 3. The number of aromatic amines is 2. The lowest BCUT2D eigenvalue weighted by atomic mass is 9.98. The number of aromatic nitrogens is 4. The number of nitrogens with zero attached hydrogens (tertiary/aromatic N) is 3. The molecule has 5 rings (SSSR count). The molecule has 156 valence electrons. The van der Waals surface area contributed by atoms with Gasteiger partial charge in [-0.05, 0) is 69.0 Å². The number of hydrogen-bond donors (Lipinski definition) is 2. The first-order valence-electron chi connectivity index (χ1n) is 10.0. The second kappa shape index (κ2) is 7.41. The van der Waals surface area contributed by atoms with Crippen LogP contribution in [0.25, 0.3) is 39.0 Å². The molecular weight excluding hydrogens is 410 g/mol. The molecule has 0 fully saturated rings. The largest absolute Gasteiger partial charge is 0.364 e. The Hall–Kier alpha value is -3.35. The summed E-state index contributed by atoms with van der Waals surface area (Å²) in [6.45, 7) is 2.84. The van der Waals surface area contributed by atoms with Gasteiger partial charge in [-0.2, -0.15) is 9.78 Å². The molecule has 2 aromatic carbocycles. The molecule has 0 aliphatic carbocycles. The fourth-order valence-electron chi connectivity index (χ4n) is 4.04. The van der Waals surface area contributed by atoms with Crippen molar-refractivity contribution in [2.75, 3.05) is 14.1 Å². The van der Waals surface area contributed by atoms with Gasteiger partial charge in [0.1, 0.15) is 5.69 Å². The van der Waals surface area contributed by atoms with E-state index in [1.807, 2.05) is 21.0 Å². The smallest absolute Gasteiger partial charge is 0.282 e. The minimum absolute atomic E-state index is 0.161. The number of halogens is 1. The first kappa shape index (κ1) is 19.6. The summed E-state index contributed by atoms with van der Waals surface area (Å²) >= 11 is 6.00. The Morgan fingerprint density at radius 2 is 1.87 bits per heavy atom. The van der Waals surface area contributed by atoms with Crippen LogP contribution < -0.4 is 5.56 Å². The topological polar surface area (TPSA) is 69.7 Å². The van der Waals surface area contributed by atoms with Crippen LogP contribution in [0, 0.1) is 6.92 Å². The molecule has 2 aliphatic rings. The van der Waals surface area contributed by atoms with E-state index >= 15 is 0 Å². The molecule has 2 aliphatic heterocycles. The molecule has 0 amide bonds. The number of fused-ring (bicyclic) bond motifs is 2. The summed E-state index contributed by atoms with van der Waals surface area (Å²) in [4.78, 5) is 21.9. The summed E-state index contributed by atoms with van der Waals surface area (Å²) in [5, 5.41) is 6.45. The van der Waals surface area contributed by atoms with E-state index in [1.165, 1.54) is 4.68 Å². The second-order valence-electron chi connectivity index (χ2n) is 8.08. The van der Waals surface area contributed by atoms with Crippen molar-refractivity contribution in [3.63, 3.8) is 0 Å². The summed E-state index contributed by atoms with van der Waals surface area (Å²) < 4.78 is 1.43. The Kier molecular flexibility index (Phi) is 4.68. The van der Waals surface area contributed by atoms with E-state index in [1.54, 1.807) is 30.5 Å². The quantitative estimate of drug-likeness (QED) is 0.428. The summed E-state index contributed by atoms with van der Waals surface area (Å²) in [5.41, 5.74) is 6.91. The maximum Gasteiger partial charge on any atom is 0.282 e. The fourth-order valence-corrected chi connectivity index (χ4v) is 4.17. The van der Waals surface area contributed by atoms with Crippen molar-refractivity contribution in [3.8, 4) is 28.1 Å². The molecule has 0 unspecified atom stereocenters. The number of pyridine rings is 1. The maximum absolute atomic E-state index is 13.1. The Bertz CT molecular complexity index is 1430. The van der Waals surface area contributed by atoms with Crippen LogP contribution in [0.3, 0.4) is 0 Å². The predicted molar refractivity (Wildman–Crippen MR) is 125 cm³/mol. The SMILES string of the molecule is Cc1[nH]cc2c(=O)n(-c3ccc(Cl)cc3)nc-2c1-c1ccc2[nH]c(CN(C)C)cc2c1. The summed E-state index contributed by atoms with van der Waals surface area (Å²) in [6, 6.07) is 15.6. The molecule has 0 radical (unpaired) electrons. The Balaban J connectivity index is 1.67. The average molecular weight is 432 g/mol. The maximum atomic E-state index is 13.1. The molecule has 1 aromatic heterocycles. The van der Waals surface area contributed by atoms with Gasteiger partial charge in [-0.25, -0.2) is 0 Å². The van der Waals surface area contributed by atoms with Crippen molar-refractivity contribution in [3.05, 3.63) is 81.5 Å². The lowest BCUT2D eigenvalue weighted by Crippen LogP contribution is -2.14. The molecule has 0 saturated carbocycles. The van der Waals surface area contributed by atoms with E-state index in [9.17, 15) is 4.79 Å². The molecule has 0 saturated heterocycles. The molecule has 0 bridgehead atoms. The van der Waals surface area contributed by atoms with Gasteiger partial charge >= 0.3 is 0 Å². The van der Waals surface area contributed by atoms with E-state index in [0.29, 0.717) is 22.0 Å². The van der Waals surface area contributed by atoms with E-state index in [-0.39, 0.29) is 5.56 Å². The number of nitrogens with one attached hydrogen (secondary N) is 2. The normalized spacial score (nSPS) is 11.8. The molecule has 0 spiro atoms. The van der Waals surface area contributed by atoms with Crippen LogP contribution in [0.2, 0.25) is 5.02 Å². The van der Waals surface area contributed by atoms with Crippen molar-refractivity contribution >= 4 is 22.5 Å². The fraction of sp³-hybridized carbons (Fsp3) is 0.167.